The van der Waals surface area contributed by atoms with Crippen LogP contribution in [0.4, 0.5) is 17.1 Å². The molecule has 2 heterocycles. The van der Waals surface area contributed by atoms with E-state index in [9.17, 15) is 0 Å². The molecule has 3 nitrogen and oxygen atoms in total. The fourth-order valence-corrected chi connectivity index (χ4v) is 5.47. The Balaban J connectivity index is 1.35. The summed E-state index contributed by atoms with van der Waals surface area (Å²) >= 11 is 0. The van der Waals surface area contributed by atoms with Crippen LogP contribution in [-0.2, 0) is 0 Å². The third-order valence-corrected chi connectivity index (χ3v) is 7.21. The highest BCUT2D eigenvalue weighted by Crippen LogP contribution is 2.40. The normalized spacial score (nSPS) is 11.8. The molecule has 0 atom stereocenters. The minimum absolute atomic E-state index is 0.894. The molecular weight excluding hydrogens is 454 g/mol. The quantitative estimate of drug-likeness (QED) is 0.255. The first kappa shape index (κ1) is 20.2. The summed E-state index contributed by atoms with van der Waals surface area (Å²) in [7, 11) is 0. The molecule has 0 saturated heterocycles. The molecule has 0 aliphatic heterocycles. The largest absolute Gasteiger partial charge is 0.456 e. The smallest absolute Gasteiger partial charge is 0.136 e. The van der Waals surface area contributed by atoms with Crippen LogP contribution < -0.4 is 4.90 Å². The van der Waals surface area contributed by atoms with Gasteiger partial charge in [-0.05, 0) is 77.5 Å². The van der Waals surface area contributed by atoms with Gasteiger partial charge < -0.3 is 13.7 Å². The summed E-state index contributed by atoms with van der Waals surface area (Å²) < 4.78 is 12.2. The molecule has 0 unspecified atom stereocenters. The van der Waals surface area contributed by atoms with E-state index in [1.165, 1.54) is 5.39 Å². The van der Waals surface area contributed by atoms with Crippen molar-refractivity contribution in [3.63, 3.8) is 0 Å². The molecule has 3 heteroatoms. The molecule has 0 aliphatic carbocycles. The number of hydrogen-bond acceptors (Lipinski definition) is 3. The lowest BCUT2D eigenvalue weighted by atomic mass is 10.0. The number of fused-ring (bicyclic) bond motifs is 7. The maximum absolute atomic E-state index is 6.13. The number of hydrogen-bond donors (Lipinski definition) is 0. The van der Waals surface area contributed by atoms with Crippen LogP contribution in [0.15, 0.2) is 136 Å². The Kier molecular flexibility index (Phi) is 4.23. The van der Waals surface area contributed by atoms with Crippen molar-refractivity contribution >= 4 is 71.7 Å². The molecule has 0 N–H and O–H groups in total. The number of para-hydroxylation sites is 3. The fourth-order valence-electron chi connectivity index (χ4n) is 5.47. The van der Waals surface area contributed by atoms with Crippen LogP contribution in [0.3, 0.4) is 0 Å². The lowest BCUT2D eigenvalue weighted by molar-refractivity contribution is 0.669. The molecule has 6 aromatic carbocycles. The lowest BCUT2D eigenvalue weighted by Gasteiger charge is -2.26. The summed E-state index contributed by atoms with van der Waals surface area (Å²) in [6, 6.07) is 44.4. The lowest BCUT2D eigenvalue weighted by Crippen LogP contribution is -2.09. The van der Waals surface area contributed by atoms with Crippen LogP contribution >= 0.6 is 0 Å². The molecule has 0 amide bonds. The summed E-state index contributed by atoms with van der Waals surface area (Å²) in [5.41, 5.74) is 6.91. The summed E-state index contributed by atoms with van der Waals surface area (Å²) in [5.74, 6) is 0. The molecule has 0 saturated carbocycles. The van der Waals surface area contributed by atoms with E-state index in [1.807, 2.05) is 24.3 Å². The van der Waals surface area contributed by atoms with Crippen molar-refractivity contribution in [2.24, 2.45) is 0 Å². The van der Waals surface area contributed by atoms with E-state index < -0.39 is 0 Å². The molecule has 2 aromatic heterocycles. The zero-order chi connectivity index (χ0) is 24.3. The highest BCUT2D eigenvalue weighted by molar-refractivity contribution is 6.11. The van der Waals surface area contributed by atoms with Gasteiger partial charge in [0.2, 0.25) is 0 Å². The van der Waals surface area contributed by atoms with E-state index in [-0.39, 0.29) is 0 Å². The van der Waals surface area contributed by atoms with Gasteiger partial charge in [0.05, 0.1) is 0 Å². The minimum Gasteiger partial charge on any atom is -0.456 e. The van der Waals surface area contributed by atoms with E-state index in [2.05, 4.69) is 108 Å². The van der Waals surface area contributed by atoms with Crippen LogP contribution in [0.25, 0.3) is 54.6 Å². The first-order chi connectivity index (χ1) is 18.3. The van der Waals surface area contributed by atoms with Crippen LogP contribution in [0.2, 0.25) is 0 Å². The second-order valence-electron chi connectivity index (χ2n) is 9.43. The van der Waals surface area contributed by atoms with Gasteiger partial charge in [-0.1, -0.05) is 60.7 Å². The number of nitrogens with zero attached hydrogens (tertiary/aromatic N) is 1. The van der Waals surface area contributed by atoms with Crippen LogP contribution in [0.5, 0.6) is 0 Å². The SMILES string of the molecule is c1ccc(N(c2ccc3cc4oc5ccccc5c4cc3c2)c2ccc3oc4ccccc4c3c2)cc1. The second-order valence-corrected chi connectivity index (χ2v) is 9.43. The Morgan fingerprint density at radius 1 is 0.351 bits per heavy atom. The average Bonchev–Trinajstić information content (AvgIpc) is 3.50. The third kappa shape index (κ3) is 3.14. The zero-order valence-electron chi connectivity index (χ0n) is 19.9. The molecule has 0 bridgehead atoms. The predicted molar refractivity (Wildman–Crippen MR) is 153 cm³/mol. The van der Waals surface area contributed by atoms with Crippen molar-refractivity contribution < 1.29 is 8.83 Å². The Hall–Kier alpha value is -5.02. The van der Waals surface area contributed by atoms with E-state index in [4.69, 9.17) is 8.83 Å². The van der Waals surface area contributed by atoms with Gasteiger partial charge in [-0.3, -0.25) is 0 Å². The van der Waals surface area contributed by atoms with E-state index in [0.29, 0.717) is 0 Å². The Morgan fingerprint density at radius 3 is 1.73 bits per heavy atom. The van der Waals surface area contributed by atoms with Gasteiger partial charge in [-0.2, -0.15) is 0 Å². The molecule has 0 spiro atoms. The highest BCUT2D eigenvalue weighted by atomic mass is 16.3. The van der Waals surface area contributed by atoms with Crippen molar-refractivity contribution in [1.29, 1.82) is 0 Å². The zero-order valence-corrected chi connectivity index (χ0v) is 19.9. The van der Waals surface area contributed by atoms with Gasteiger partial charge in [0.25, 0.3) is 0 Å². The first-order valence-electron chi connectivity index (χ1n) is 12.4. The van der Waals surface area contributed by atoms with Crippen LogP contribution in [0.1, 0.15) is 0 Å². The summed E-state index contributed by atoms with van der Waals surface area (Å²) in [6.45, 7) is 0. The van der Waals surface area contributed by atoms with E-state index in [0.717, 1.165) is 66.3 Å². The van der Waals surface area contributed by atoms with Crippen molar-refractivity contribution in [2.45, 2.75) is 0 Å². The van der Waals surface area contributed by atoms with Gasteiger partial charge in [0, 0.05) is 38.6 Å². The predicted octanol–water partition coefficient (Wildman–Crippen LogP) is 10.1. The monoisotopic (exact) mass is 475 g/mol. The second kappa shape index (κ2) is 7.74. The Morgan fingerprint density at radius 2 is 0.946 bits per heavy atom. The van der Waals surface area contributed by atoms with Gasteiger partial charge in [-0.25, -0.2) is 0 Å². The summed E-state index contributed by atoms with van der Waals surface area (Å²) in [6.07, 6.45) is 0. The van der Waals surface area contributed by atoms with E-state index in [1.54, 1.807) is 0 Å². The first-order valence-corrected chi connectivity index (χ1v) is 12.4. The minimum atomic E-state index is 0.894. The maximum atomic E-state index is 6.13. The molecule has 0 fully saturated rings. The topological polar surface area (TPSA) is 29.5 Å². The summed E-state index contributed by atoms with van der Waals surface area (Å²) in [4.78, 5) is 2.30. The van der Waals surface area contributed by atoms with Crippen LogP contribution in [-0.4, -0.2) is 0 Å². The van der Waals surface area contributed by atoms with Gasteiger partial charge in [0.15, 0.2) is 0 Å². The average molecular weight is 476 g/mol. The van der Waals surface area contributed by atoms with Crippen molar-refractivity contribution in [1.82, 2.24) is 0 Å². The maximum Gasteiger partial charge on any atom is 0.136 e. The standard InChI is InChI=1S/C34H21NO2/c1-2-8-24(9-3-1)35(26-16-17-33-30(21-26)28-11-5-6-12-31(28)36-33)25-15-14-22-20-34-29(19-23(22)18-25)27-10-4-7-13-32(27)37-34/h1-21H. The molecule has 0 radical (unpaired) electrons. The Bertz CT molecular complexity index is 2100. The number of furan rings is 2. The molecule has 8 rings (SSSR count). The van der Waals surface area contributed by atoms with Crippen LogP contribution in [0, 0.1) is 0 Å². The summed E-state index contributed by atoms with van der Waals surface area (Å²) in [5, 5.41) is 6.84. The third-order valence-electron chi connectivity index (χ3n) is 7.21. The number of anilines is 3. The van der Waals surface area contributed by atoms with Crippen molar-refractivity contribution in [3.8, 4) is 0 Å². The number of rotatable bonds is 3. The van der Waals surface area contributed by atoms with Gasteiger partial charge >= 0.3 is 0 Å². The molecule has 174 valence electrons. The number of benzene rings is 6. The van der Waals surface area contributed by atoms with E-state index >= 15 is 0 Å². The highest BCUT2D eigenvalue weighted by Gasteiger charge is 2.16. The fraction of sp³-hybridized carbons (Fsp3) is 0. The molecule has 37 heavy (non-hydrogen) atoms. The molecule has 0 aliphatic rings. The van der Waals surface area contributed by atoms with Gasteiger partial charge in [0.1, 0.15) is 22.3 Å². The van der Waals surface area contributed by atoms with Crippen molar-refractivity contribution in [3.05, 3.63) is 127 Å². The van der Waals surface area contributed by atoms with Crippen molar-refractivity contribution in [2.75, 3.05) is 4.90 Å². The Labute approximate surface area is 212 Å². The molecule has 8 aromatic rings. The van der Waals surface area contributed by atoms with Gasteiger partial charge in [-0.15, -0.1) is 0 Å². The molecular formula is C34H21NO2.